The molecule has 1 N–H and O–H groups in total. The van der Waals surface area contributed by atoms with Crippen LogP contribution in [0.4, 0.5) is 0 Å². The summed E-state index contributed by atoms with van der Waals surface area (Å²) in [7, 11) is 0. The van der Waals surface area contributed by atoms with Crippen LogP contribution in [0, 0.1) is 0 Å². The summed E-state index contributed by atoms with van der Waals surface area (Å²) in [5.41, 5.74) is 0.831. The number of carbonyl (C=O) groups is 1. The number of benzene rings is 1. The van der Waals surface area contributed by atoms with Crippen molar-refractivity contribution in [1.29, 1.82) is 0 Å². The van der Waals surface area contributed by atoms with Crippen molar-refractivity contribution in [3.63, 3.8) is 0 Å². The predicted octanol–water partition coefficient (Wildman–Crippen LogP) is 3.12. The van der Waals surface area contributed by atoms with Crippen molar-refractivity contribution in [1.82, 2.24) is 5.32 Å². The van der Waals surface area contributed by atoms with Crippen LogP contribution in [0.2, 0.25) is 0 Å². The Morgan fingerprint density at radius 1 is 1.35 bits per heavy atom. The zero-order chi connectivity index (χ0) is 12.3. The minimum atomic E-state index is 0.0404. The van der Waals surface area contributed by atoms with Crippen LogP contribution in [0.25, 0.3) is 0 Å². The highest BCUT2D eigenvalue weighted by Crippen LogP contribution is 2.23. The van der Waals surface area contributed by atoms with Crippen LogP contribution in [-0.4, -0.2) is 23.6 Å². The van der Waals surface area contributed by atoms with Gasteiger partial charge in [-0.3, -0.25) is 4.79 Å². The zero-order valence-corrected chi connectivity index (χ0v) is 11.2. The fraction of sp³-hybridized carbons (Fsp3) is 0.500. The van der Waals surface area contributed by atoms with Gasteiger partial charge < -0.3 is 5.32 Å². The first-order chi connectivity index (χ1) is 8.16. The second kappa shape index (κ2) is 5.69. The third kappa shape index (κ3) is 3.33. The standard InChI is InChI=1S/C14H19NOS/c1-10(2)17-12-7-5-11(6-8-12)14(16)13-4-3-9-15-13/h5-8,10,13,15H,3-4,9H2,1-2H3. The SMILES string of the molecule is CC(C)Sc1ccc(C(=O)C2CCCN2)cc1. The fourth-order valence-corrected chi connectivity index (χ4v) is 2.92. The molecule has 17 heavy (non-hydrogen) atoms. The molecule has 1 aliphatic heterocycles. The van der Waals surface area contributed by atoms with Crippen molar-refractivity contribution in [2.24, 2.45) is 0 Å². The van der Waals surface area contributed by atoms with E-state index in [1.807, 2.05) is 36.0 Å². The van der Waals surface area contributed by atoms with E-state index < -0.39 is 0 Å². The van der Waals surface area contributed by atoms with Gasteiger partial charge in [0.25, 0.3) is 0 Å². The van der Waals surface area contributed by atoms with E-state index in [0.717, 1.165) is 24.9 Å². The lowest BCUT2D eigenvalue weighted by atomic mass is 10.0. The molecule has 1 aromatic rings. The molecular formula is C14H19NOS. The van der Waals surface area contributed by atoms with Crippen molar-refractivity contribution in [3.05, 3.63) is 29.8 Å². The van der Waals surface area contributed by atoms with E-state index in [-0.39, 0.29) is 11.8 Å². The van der Waals surface area contributed by atoms with Crippen LogP contribution in [0.3, 0.4) is 0 Å². The van der Waals surface area contributed by atoms with Gasteiger partial charge in [-0.2, -0.15) is 0 Å². The average Bonchev–Trinajstić information content (AvgIpc) is 2.82. The Balaban J connectivity index is 2.04. The summed E-state index contributed by atoms with van der Waals surface area (Å²) in [6.45, 7) is 5.32. The molecule has 1 unspecified atom stereocenters. The molecule has 0 spiro atoms. The highest BCUT2D eigenvalue weighted by molar-refractivity contribution is 7.99. The zero-order valence-electron chi connectivity index (χ0n) is 10.4. The topological polar surface area (TPSA) is 29.1 Å². The first-order valence-electron chi connectivity index (χ1n) is 6.21. The van der Waals surface area contributed by atoms with Crippen LogP contribution < -0.4 is 5.32 Å². The molecule has 0 aromatic heterocycles. The third-order valence-corrected chi connectivity index (χ3v) is 3.90. The van der Waals surface area contributed by atoms with Gasteiger partial charge in [0.15, 0.2) is 5.78 Å². The molecule has 3 heteroatoms. The highest BCUT2D eigenvalue weighted by atomic mass is 32.2. The van der Waals surface area contributed by atoms with E-state index in [9.17, 15) is 4.79 Å². The Bertz CT molecular complexity index is 380. The van der Waals surface area contributed by atoms with Crippen molar-refractivity contribution >= 4 is 17.5 Å². The molecule has 0 radical (unpaired) electrons. The first kappa shape index (κ1) is 12.7. The molecule has 1 fully saturated rings. The minimum absolute atomic E-state index is 0.0404. The molecule has 0 bridgehead atoms. The van der Waals surface area contributed by atoms with Crippen molar-refractivity contribution in [2.45, 2.75) is 42.9 Å². The molecule has 1 aliphatic rings. The minimum Gasteiger partial charge on any atom is -0.307 e. The Hall–Kier alpha value is -0.800. The number of hydrogen-bond acceptors (Lipinski definition) is 3. The van der Waals surface area contributed by atoms with E-state index in [0.29, 0.717) is 5.25 Å². The summed E-state index contributed by atoms with van der Waals surface area (Å²) in [4.78, 5) is 13.3. The molecule has 0 aliphatic carbocycles. The molecule has 2 rings (SSSR count). The molecule has 1 heterocycles. The van der Waals surface area contributed by atoms with Gasteiger partial charge in [0.2, 0.25) is 0 Å². The molecule has 0 amide bonds. The Morgan fingerprint density at radius 3 is 2.59 bits per heavy atom. The number of thioether (sulfide) groups is 1. The van der Waals surface area contributed by atoms with Crippen LogP contribution in [0.1, 0.15) is 37.0 Å². The van der Waals surface area contributed by atoms with Gasteiger partial charge in [0.1, 0.15) is 0 Å². The lowest BCUT2D eigenvalue weighted by Crippen LogP contribution is -2.30. The largest absolute Gasteiger partial charge is 0.307 e. The van der Waals surface area contributed by atoms with Crippen LogP contribution >= 0.6 is 11.8 Å². The van der Waals surface area contributed by atoms with Crippen molar-refractivity contribution in [3.8, 4) is 0 Å². The Kier molecular flexibility index (Phi) is 4.24. The van der Waals surface area contributed by atoms with Gasteiger partial charge in [-0.1, -0.05) is 26.0 Å². The Labute approximate surface area is 107 Å². The number of carbonyl (C=O) groups excluding carboxylic acids is 1. The molecule has 0 saturated carbocycles. The maximum Gasteiger partial charge on any atom is 0.179 e. The fourth-order valence-electron chi connectivity index (χ4n) is 2.08. The van der Waals surface area contributed by atoms with Gasteiger partial charge in [-0.15, -0.1) is 11.8 Å². The lowest BCUT2D eigenvalue weighted by molar-refractivity contribution is 0.0952. The van der Waals surface area contributed by atoms with E-state index in [2.05, 4.69) is 19.2 Å². The van der Waals surface area contributed by atoms with Crippen LogP contribution in [-0.2, 0) is 0 Å². The second-order valence-electron chi connectivity index (χ2n) is 4.70. The maximum absolute atomic E-state index is 12.1. The summed E-state index contributed by atoms with van der Waals surface area (Å²) in [6.07, 6.45) is 2.08. The van der Waals surface area contributed by atoms with Crippen molar-refractivity contribution in [2.75, 3.05) is 6.54 Å². The van der Waals surface area contributed by atoms with Crippen LogP contribution in [0.5, 0.6) is 0 Å². The van der Waals surface area contributed by atoms with Gasteiger partial charge >= 0.3 is 0 Å². The number of nitrogens with one attached hydrogen (secondary N) is 1. The van der Waals surface area contributed by atoms with E-state index in [4.69, 9.17) is 0 Å². The van der Waals surface area contributed by atoms with Crippen molar-refractivity contribution < 1.29 is 4.79 Å². The highest BCUT2D eigenvalue weighted by Gasteiger charge is 2.22. The van der Waals surface area contributed by atoms with Gasteiger partial charge in [-0.25, -0.2) is 0 Å². The Morgan fingerprint density at radius 2 is 2.06 bits per heavy atom. The third-order valence-electron chi connectivity index (χ3n) is 2.89. The summed E-state index contributed by atoms with van der Waals surface area (Å²) >= 11 is 1.82. The maximum atomic E-state index is 12.1. The molecular weight excluding hydrogens is 230 g/mol. The molecule has 2 nitrogen and oxygen atoms in total. The summed E-state index contributed by atoms with van der Waals surface area (Å²) in [6, 6.07) is 8.04. The molecule has 1 atom stereocenters. The van der Waals surface area contributed by atoms with Gasteiger partial charge in [-0.05, 0) is 31.5 Å². The number of hydrogen-bond donors (Lipinski definition) is 1. The summed E-state index contributed by atoms with van der Waals surface area (Å²) in [5.74, 6) is 0.239. The smallest absolute Gasteiger partial charge is 0.179 e. The lowest BCUT2D eigenvalue weighted by Gasteiger charge is -2.10. The molecule has 92 valence electrons. The molecule has 1 saturated heterocycles. The van der Waals surface area contributed by atoms with E-state index in [1.54, 1.807) is 0 Å². The quantitative estimate of drug-likeness (QED) is 0.656. The molecule has 1 aromatic carbocycles. The van der Waals surface area contributed by atoms with E-state index >= 15 is 0 Å². The summed E-state index contributed by atoms with van der Waals surface area (Å²) < 4.78 is 0. The number of Topliss-reactive ketones (excluding diaryl/α,β-unsaturated/α-hetero) is 1. The summed E-state index contributed by atoms with van der Waals surface area (Å²) in [5, 5.41) is 3.82. The average molecular weight is 249 g/mol. The van der Waals surface area contributed by atoms with Gasteiger partial charge in [0.05, 0.1) is 6.04 Å². The predicted molar refractivity (Wildman–Crippen MR) is 72.8 cm³/mol. The van der Waals surface area contributed by atoms with E-state index in [1.165, 1.54) is 4.90 Å². The number of rotatable bonds is 4. The monoisotopic (exact) mass is 249 g/mol. The van der Waals surface area contributed by atoms with Gasteiger partial charge in [0, 0.05) is 15.7 Å². The number of ketones is 1. The second-order valence-corrected chi connectivity index (χ2v) is 6.35. The van der Waals surface area contributed by atoms with Crippen LogP contribution in [0.15, 0.2) is 29.2 Å². The first-order valence-corrected chi connectivity index (χ1v) is 7.09. The normalized spacial score (nSPS) is 19.8.